The number of aromatic nitrogens is 5. The molecule has 0 aromatic carbocycles. The number of anilines is 2. The lowest BCUT2D eigenvalue weighted by molar-refractivity contribution is 0.154. The fourth-order valence-electron chi connectivity index (χ4n) is 3.47. The van der Waals surface area contributed by atoms with Crippen LogP contribution in [0.1, 0.15) is 39.0 Å². The van der Waals surface area contributed by atoms with E-state index in [-0.39, 0.29) is 0 Å². The molecule has 0 bridgehead atoms. The topological polar surface area (TPSA) is 87.0 Å². The molecule has 1 aliphatic rings. The number of hydrogen-bond donors (Lipinski definition) is 1. The first-order valence-electron chi connectivity index (χ1n) is 10.1. The van der Waals surface area contributed by atoms with Crippen molar-refractivity contribution in [2.24, 2.45) is 7.05 Å². The molecule has 3 aromatic heterocycles. The van der Waals surface area contributed by atoms with Gasteiger partial charge in [-0.1, -0.05) is 17.7 Å². The zero-order valence-electron chi connectivity index (χ0n) is 16.8. The summed E-state index contributed by atoms with van der Waals surface area (Å²) in [5.74, 6) is 2.72. The Morgan fingerprint density at radius 3 is 2.76 bits per heavy atom. The summed E-state index contributed by atoms with van der Waals surface area (Å²) < 4.78 is 13.2. The minimum atomic E-state index is 0.300. The quantitative estimate of drug-likeness (QED) is 0.645. The Labute approximate surface area is 170 Å². The molecule has 8 heteroatoms. The molecule has 3 aromatic rings. The molecular weight excluding hydrogens is 368 g/mol. The largest absolute Gasteiger partial charge is 0.489 e. The second kappa shape index (κ2) is 8.89. The van der Waals surface area contributed by atoms with Crippen molar-refractivity contribution in [2.75, 3.05) is 11.9 Å². The first-order valence-corrected chi connectivity index (χ1v) is 10.1. The summed E-state index contributed by atoms with van der Waals surface area (Å²) in [7, 11) is 1.83. The smallest absolute Gasteiger partial charge is 0.215 e. The number of nitrogens with zero attached hydrogens (tertiary/aromatic N) is 5. The molecule has 29 heavy (non-hydrogen) atoms. The van der Waals surface area contributed by atoms with Gasteiger partial charge in [-0.2, -0.15) is 4.98 Å². The average molecular weight is 394 g/mol. The van der Waals surface area contributed by atoms with Crippen molar-refractivity contribution < 1.29 is 9.47 Å². The Morgan fingerprint density at radius 1 is 1.14 bits per heavy atom. The Kier molecular flexibility index (Phi) is 5.88. The van der Waals surface area contributed by atoms with Gasteiger partial charge in [0.25, 0.3) is 0 Å². The molecule has 1 saturated carbocycles. The number of nitrogens with one attached hydrogen (secondary N) is 1. The summed E-state index contributed by atoms with van der Waals surface area (Å²) in [6.45, 7) is 2.49. The number of rotatable bonds is 7. The van der Waals surface area contributed by atoms with Crippen LogP contribution in [0.5, 0.6) is 11.6 Å². The fourth-order valence-corrected chi connectivity index (χ4v) is 3.47. The summed E-state index contributed by atoms with van der Waals surface area (Å²) in [6, 6.07) is 9.44. The van der Waals surface area contributed by atoms with Crippen LogP contribution in [0.25, 0.3) is 11.4 Å². The maximum atomic E-state index is 6.07. The van der Waals surface area contributed by atoms with Gasteiger partial charge >= 0.3 is 0 Å². The minimum Gasteiger partial charge on any atom is -0.489 e. The molecule has 1 aliphatic carbocycles. The van der Waals surface area contributed by atoms with Crippen LogP contribution >= 0.6 is 0 Å². The second-order valence-corrected chi connectivity index (χ2v) is 7.09. The van der Waals surface area contributed by atoms with Gasteiger partial charge in [-0.05, 0) is 50.8 Å². The molecule has 1 N–H and O–H groups in total. The summed E-state index contributed by atoms with van der Waals surface area (Å²) in [4.78, 5) is 9.00. The third-order valence-corrected chi connectivity index (χ3v) is 4.92. The van der Waals surface area contributed by atoms with Crippen LogP contribution in [-0.4, -0.2) is 37.7 Å². The number of ether oxygens (including phenoxy) is 2. The number of hydrogen-bond acceptors (Lipinski definition) is 7. The normalized spacial score (nSPS) is 14.6. The first-order chi connectivity index (χ1) is 14.2. The van der Waals surface area contributed by atoms with Crippen LogP contribution in [0.15, 0.2) is 36.5 Å². The van der Waals surface area contributed by atoms with E-state index in [9.17, 15) is 0 Å². The zero-order valence-corrected chi connectivity index (χ0v) is 16.8. The molecule has 8 nitrogen and oxygen atoms in total. The molecule has 0 spiro atoms. The predicted molar refractivity (Wildman–Crippen MR) is 110 cm³/mol. The molecule has 0 atom stereocenters. The Balaban J connectivity index is 1.51. The lowest BCUT2D eigenvalue weighted by Gasteiger charge is -2.22. The van der Waals surface area contributed by atoms with E-state index in [0.717, 1.165) is 24.3 Å². The van der Waals surface area contributed by atoms with Crippen molar-refractivity contribution in [3.63, 3.8) is 0 Å². The van der Waals surface area contributed by atoms with Crippen molar-refractivity contribution in [2.45, 2.75) is 45.1 Å². The SMILES string of the molecule is CCOc1cccc(Nc2c(-c3ccc(OC4CCCCC4)cn3)nnn2C)n1. The molecule has 1 fully saturated rings. The van der Waals surface area contributed by atoms with E-state index in [1.807, 2.05) is 44.3 Å². The Hall–Kier alpha value is -3.16. The van der Waals surface area contributed by atoms with Gasteiger partial charge in [0.1, 0.15) is 11.6 Å². The van der Waals surface area contributed by atoms with Crippen LogP contribution in [-0.2, 0) is 7.05 Å². The molecule has 3 heterocycles. The van der Waals surface area contributed by atoms with E-state index < -0.39 is 0 Å². The van der Waals surface area contributed by atoms with Crippen molar-refractivity contribution >= 4 is 11.6 Å². The Morgan fingerprint density at radius 2 is 2.00 bits per heavy atom. The predicted octanol–water partition coefficient (Wildman–Crippen LogP) is 4.13. The monoisotopic (exact) mass is 394 g/mol. The molecule has 0 radical (unpaired) electrons. The number of aryl methyl sites for hydroxylation is 1. The number of pyridine rings is 2. The van der Waals surface area contributed by atoms with E-state index in [0.29, 0.717) is 35.9 Å². The second-order valence-electron chi connectivity index (χ2n) is 7.09. The highest BCUT2D eigenvalue weighted by Gasteiger charge is 2.17. The summed E-state index contributed by atoms with van der Waals surface area (Å²) >= 11 is 0. The van der Waals surface area contributed by atoms with Crippen molar-refractivity contribution in [1.29, 1.82) is 0 Å². The third-order valence-electron chi connectivity index (χ3n) is 4.92. The van der Waals surface area contributed by atoms with Crippen molar-refractivity contribution in [3.05, 3.63) is 36.5 Å². The zero-order chi connectivity index (χ0) is 20.1. The van der Waals surface area contributed by atoms with E-state index in [1.165, 1.54) is 19.3 Å². The molecule has 0 saturated heterocycles. The lowest BCUT2D eigenvalue weighted by atomic mass is 9.98. The van der Waals surface area contributed by atoms with Gasteiger partial charge in [0.2, 0.25) is 5.88 Å². The lowest BCUT2D eigenvalue weighted by Crippen LogP contribution is -2.19. The minimum absolute atomic E-state index is 0.300. The van der Waals surface area contributed by atoms with E-state index in [4.69, 9.17) is 9.47 Å². The van der Waals surface area contributed by atoms with Crippen LogP contribution in [0, 0.1) is 0 Å². The Bertz CT molecular complexity index is 935. The van der Waals surface area contributed by atoms with E-state index in [1.54, 1.807) is 10.9 Å². The molecule has 0 aliphatic heterocycles. The van der Waals surface area contributed by atoms with Crippen LogP contribution in [0.2, 0.25) is 0 Å². The van der Waals surface area contributed by atoms with Crippen LogP contribution in [0.3, 0.4) is 0 Å². The molecule has 0 amide bonds. The van der Waals surface area contributed by atoms with Gasteiger partial charge in [-0.25, -0.2) is 4.68 Å². The molecule has 152 valence electrons. The summed E-state index contributed by atoms with van der Waals surface area (Å²) in [5.41, 5.74) is 1.37. The van der Waals surface area contributed by atoms with Crippen molar-refractivity contribution in [3.8, 4) is 23.0 Å². The van der Waals surface area contributed by atoms with Crippen molar-refractivity contribution in [1.82, 2.24) is 25.0 Å². The highest BCUT2D eigenvalue weighted by molar-refractivity contribution is 5.72. The maximum absolute atomic E-state index is 6.07. The van der Waals surface area contributed by atoms with Gasteiger partial charge in [0, 0.05) is 13.1 Å². The summed E-state index contributed by atoms with van der Waals surface area (Å²) in [5, 5.41) is 11.7. The van der Waals surface area contributed by atoms with Crippen LogP contribution in [0.4, 0.5) is 11.6 Å². The van der Waals surface area contributed by atoms with Gasteiger partial charge in [-0.15, -0.1) is 5.10 Å². The maximum Gasteiger partial charge on any atom is 0.215 e. The highest BCUT2D eigenvalue weighted by Crippen LogP contribution is 2.28. The molecule has 0 unspecified atom stereocenters. The van der Waals surface area contributed by atoms with Gasteiger partial charge in [0.05, 0.1) is 24.6 Å². The van der Waals surface area contributed by atoms with Crippen LogP contribution < -0.4 is 14.8 Å². The van der Waals surface area contributed by atoms with E-state index in [2.05, 4.69) is 25.6 Å². The molecular formula is C21H26N6O2. The average Bonchev–Trinajstić information content (AvgIpc) is 3.10. The fraction of sp³-hybridized carbons (Fsp3) is 0.429. The summed E-state index contributed by atoms with van der Waals surface area (Å²) in [6.07, 6.45) is 8.08. The standard InChI is InChI=1S/C21H26N6O2/c1-3-28-19-11-7-10-18(23-19)24-21-20(25-26-27(21)2)17-13-12-16(14-22-17)29-15-8-5-4-6-9-15/h7,10-15H,3-6,8-9H2,1-2H3,(H,23,24). The van der Waals surface area contributed by atoms with E-state index >= 15 is 0 Å². The van der Waals surface area contributed by atoms with Gasteiger partial charge in [-0.3, -0.25) is 4.98 Å². The third kappa shape index (κ3) is 4.64. The molecule has 4 rings (SSSR count). The van der Waals surface area contributed by atoms with Gasteiger partial charge in [0.15, 0.2) is 11.5 Å². The first kappa shape index (κ1) is 19.2. The highest BCUT2D eigenvalue weighted by atomic mass is 16.5. The van der Waals surface area contributed by atoms with Gasteiger partial charge < -0.3 is 14.8 Å².